The quantitative estimate of drug-likeness (QED) is 0.787. The minimum absolute atomic E-state index is 0.143. The largest absolute Gasteiger partial charge is 0.298 e. The number of carbonyl (C=O) groups excluding carboxylic acids is 1. The maximum atomic E-state index is 13.1. The van der Waals surface area contributed by atoms with Crippen molar-refractivity contribution in [3.05, 3.63) is 53.8 Å². The third kappa shape index (κ3) is 3.38. The number of nitrogens with zero attached hydrogens (tertiary/aromatic N) is 1. The van der Waals surface area contributed by atoms with Gasteiger partial charge in [0.05, 0.1) is 15.1 Å². The standard InChI is InChI=1S/C15H11FN2O3S2/c1-23(20,21)11-5-2-9(3-6-11)14(19)18-15-17-12-7-4-10(16)8-13(12)22-15/h2-8H,1H3,(H,17,18,19). The minimum atomic E-state index is -3.30. The molecular weight excluding hydrogens is 339 g/mol. The fourth-order valence-corrected chi connectivity index (χ4v) is 3.49. The molecular formula is C15H11FN2O3S2. The summed E-state index contributed by atoms with van der Waals surface area (Å²) in [7, 11) is -3.30. The summed E-state index contributed by atoms with van der Waals surface area (Å²) in [5.41, 5.74) is 0.905. The Labute approximate surface area is 135 Å². The van der Waals surface area contributed by atoms with E-state index in [-0.39, 0.29) is 10.7 Å². The molecule has 1 aromatic heterocycles. The highest BCUT2D eigenvalue weighted by Crippen LogP contribution is 2.26. The van der Waals surface area contributed by atoms with Gasteiger partial charge in [-0.15, -0.1) is 0 Å². The molecule has 0 unspecified atom stereocenters. The summed E-state index contributed by atoms with van der Waals surface area (Å²) < 4.78 is 36.6. The number of thiazole rings is 1. The van der Waals surface area contributed by atoms with Crippen LogP contribution in [0.3, 0.4) is 0 Å². The third-order valence-electron chi connectivity index (χ3n) is 3.12. The summed E-state index contributed by atoms with van der Waals surface area (Å²) in [6, 6.07) is 9.80. The van der Waals surface area contributed by atoms with Crippen molar-refractivity contribution in [2.24, 2.45) is 0 Å². The number of halogens is 1. The van der Waals surface area contributed by atoms with Gasteiger partial charge in [-0.3, -0.25) is 10.1 Å². The van der Waals surface area contributed by atoms with Gasteiger partial charge >= 0.3 is 0 Å². The zero-order valence-electron chi connectivity index (χ0n) is 11.9. The van der Waals surface area contributed by atoms with E-state index in [1.807, 2.05) is 0 Å². The van der Waals surface area contributed by atoms with Crippen LogP contribution in [-0.2, 0) is 9.84 Å². The normalized spacial score (nSPS) is 11.6. The van der Waals surface area contributed by atoms with Gasteiger partial charge in [-0.25, -0.2) is 17.8 Å². The molecule has 3 rings (SSSR count). The Morgan fingerprint density at radius 1 is 1.17 bits per heavy atom. The van der Waals surface area contributed by atoms with Crippen molar-refractivity contribution in [3.63, 3.8) is 0 Å². The predicted molar refractivity (Wildman–Crippen MR) is 87.1 cm³/mol. The Bertz CT molecular complexity index is 995. The van der Waals surface area contributed by atoms with Crippen molar-refractivity contribution in [3.8, 4) is 0 Å². The lowest BCUT2D eigenvalue weighted by atomic mass is 10.2. The molecule has 8 heteroatoms. The van der Waals surface area contributed by atoms with Crippen LogP contribution in [0.5, 0.6) is 0 Å². The van der Waals surface area contributed by atoms with Crippen LogP contribution in [0.25, 0.3) is 10.2 Å². The van der Waals surface area contributed by atoms with Crippen molar-refractivity contribution in [2.75, 3.05) is 11.6 Å². The van der Waals surface area contributed by atoms with E-state index in [9.17, 15) is 17.6 Å². The van der Waals surface area contributed by atoms with Crippen molar-refractivity contribution < 1.29 is 17.6 Å². The van der Waals surface area contributed by atoms with E-state index in [0.29, 0.717) is 20.9 Å². The van der Waals surface area contributed by atoms with Crippen molar-refractivity contribution in [2.45, 2.75) is 4.90 Å². The lowest BCUT2D eigenvalue weighted by Crippen LogP contribution is -2.11. The van der Waals surface area contributed by atoms with Crippen LogP contribution in [0.1, 0.15) is 10.4 Å². The number of nitrogens with one attached hydrogen (secondary N) is 1. The number of hydrogen-bond acceptors (Lipinski definition) is 5. The summed E-state index contributed by atoms with van der Waals surface area (Å²) in [5, 5.41) is 2.97. The molecule has 2 aromatic carbocycles. The molecule has 3 aromatic rings. The molecule has 0 saturated carbocycles. The lowest BCUT2D eigenvalue weighted by molar-refractivity contribution is 0.102. The number of rotatable bonds is 3. The number of anilines is 1. The molecule has 0 aliphatic heterocycles. The van der Waals surface area contributed by atoms with Gasteiger partial charge in [-0.05, 0) is 42.5 Å². The SMILES string of the molecule is CS(=O)(=O)c1ccc(C(=O)Nc2nc3ccc(F)cc3s2)cc1. The van der Waals surface area contributed by atoms with E-state index in [4.69, 9.17) is 0 Å². The highest BCUT2D eigenvalue weighted by Gasteiger charge is 2.12. The number of sulfone groups is 1. The van der Waals surface area contributed by atoms with Gasteiger partial charge in [0.1, 0.15) is 5.82 Å². The Morgan fingerprint density at radius 2 is 1.87 bits per heavy atom. The second-order valence-electron chi connectivity index (χ2n) is 4.88. The maximum absolute atomic E-state index is 13.1. The van der Waals surface area contributed by atoms with Crippen LogP contribution in [0, 0.1) is 5.82 Å². The molecule has 0 atom stereocenters. The Balaban J connectivity index is 1.82. The first-order valence-corrected chi connectivity index (χ1v) is 9.21. The summed E-state index contributed by atoms with van der Waals surface area (Å²) in [5.74, 6) is -0.778. The first-order chi connectivity index (χ1) is 10.8. The number of amides is 1. The average Bonchev–Trinajstić information content (AvgIpc) is 2.87. The molecule has 0 aliphatic rings. The zero-order valence-corrected chi connectivity index (χ0v) is 13.5. The van der Waals surface area contributed by atoms with Crippen molar-refractivity contribution in [1.82, 2.24) is 4.98 Å². The number of hydrogen-bond donors (Lipinski definition) is 1. The Hall–Kier alpha value is -2.32. The Kier molecular flexibility index (Phi) is 3.87. The van der Waals surface area contributed by atoms with Crippen LogP contribution in [0.4, 0.5) is 9.52 Å². The van der Waals surface area contributed by atoms with Crippen LogP contribution < -0.4 is 5.32 Å². The molecule has 0 fully saturated rings. The smallest absolute Gasteiger partial charge is 0.257 e. The van der Waals surface area contributed by atoms with Gasteiger partial charge in [-0.1, -0.05) is 11.3 Å². The highest BCUT2D eigenvalue weighted by molar-refractivity contribution is 7.90. The summed E-state index contributed by atoms with van der Waals surface area (Å²) in [4.78, 5) is 16.5. The third-order valence-corrected chi connectivity index (χ3v) is 5.18. The molecule has 0 spiro atoms. The van der Waals surface area contributed by atoms with Crippen LogP contribution in [0.2, 0.25) is 0 Å². The van der Waals surface area contributed by atoms with E-state index in [0.717, 1.165) is 17.6 Å². The van der Waals surface area contributed by atoms with Gasteiger partial charge in [0.2, 0.25) is 0 Å². The van der Waals surface area contributed by atoms with Gasteiger partial charge in [0.15, 0.2) is 15.0 Å². The van der Waals surface area contributed by atoms with Gasteiger partial charge in [0.25, 0.3) is 5.91 Å². The minimum Gasteiger partial charge on any atom is -0.298 e. The van der Waals surface area contributed by atoms with Gasteiger partial charge < -0.3 is 0 Å². The Morgan fingerprint density at radius 3 is 2.52 bits per heavy atom. The van der Waals surface area contributed by atoms with Crippen molar-refractivity contribution >= 4 is 42.4 Å². The molecule has 0 radical (unpaired) electrons. The van der Waals surface area contributed by atoms with E-state index in [2.05, 4.69) is 10.3 Å². The molecule has 1 N–H and O–H groups in total. The average molecular weight is 350 g/mol. The number of benzene rings is 2. The highest BCUT2D eigenvalue weighted by atomic mass is 32.2. The predicted octanol–water partition coefficient (Wildman–Crippen LogP) is 3.09. The molecule has 1 amide bonds. The van der Waals surface area contributed by atoms with Crippen LogP contribution in [-0.4, -0.2) is 25.6 Å². The second-order valence-corrected chi connectivity index (χ2v) is 7.93. The molecule has 0 saturated heterocycles. The lowest BCUT2D eigenvalue weighted by Gasteiger charge is -2.03. The summed E-state index contributed by atoms with van der Waals surface area (Å²) in [6.45, 7) is 0. The first-order valence-electron chi connectivity index (χ1n) is 6.50. The fourth-order valence-electron chi connectivity index (χ4n) is 1.97. The summed E-state index contributed by atoms with van der Waals surface area (Å²) >= 11 is 1.16. The molecule has 5 nitrogen and oxygen atoms in total. The van der Waals surface area contributed by atoms with E-state index in [1.165, 1.54) is 42.5 Å². The van der Waals surface area contributed by atoms with E-state index >= 15 is 0 Å². The molecule has 1 heterocycles. The maximum Gasteiger partial charge on any atom is 0.257 e. The van der Waals surface area contributed by atoms with Gasteiger partial charge in [0, 0.05) is 11.8 Å². The second kappa shape index (κ2) is 5.71. The number of fused-ring (bicyclic) bond motifs is 1. The number of aromatic nitrogens is 1. The van der Waals surface area contributed by atoms with Crippen LogP contribution in [0.15, 0.2) is 47.4 Å². The van der Waals surface area contributed by atoms with E-state index in [1.54, 1.807) is 0 Å². The molecule has 0 bridgehead atoms. The number of carbonyl (C=O) groups is 1. The van der Waals surface area contributed by atoms with E-state index < -0.39 is 15.7 Å². The van der Waals surface area contributed by atoms with Crippen molar-refractivity contribution in [1.29, 1.82) is 0 Å². The first kappa shape index (κ1) is 15.6. The molecule has 0 aliphatic carbocycles. The zero-order chi connectivity index (χ0) is 16.6. The van der Waals surface area contributed by atoms with Crippen LogP contribution >= 0.6 is 11.3 Å². The molecule has 23 heavy (non-hydrogen) atoms. The topological polar surface area (TPSA) is 76.1 Å². The molecule has 118 valence electrons. The summed E-state index contributed by atoms with van der Waals surface area (Å²) in [6.07, 6.45) is 1.10. The fraction of sp³-hybridized carbons (Fsp3) is 0.0667. The van der Waals surface area contributed by atoms with Gasteiger partial charge in [-0.2, -0.15) is 0 Å². The monoisotopic (exact) mass is 350 g/mol.